The number of nitrogens with one attached hydrogen (secondary N) is 2. The lowest BCUT2D eigenvalue weighted by Gasteiger charge is -2.14. The lowest BCUT2D eigenvalue weighted by Crippen LogP contribution is -2.44. The standard InChI is InChI=1S/C20H29N3O5/c1-15(24)11-12-17(19(21)26)23-18(25)10-6-3-7-13-22-20(27)28-14-16-8-4-2-5-9-16/h2,4-5,8-9,17H,3,6-7,10-14H2,1H3,(H2,21,26)(H,22,27)(H,23,25)/t17-/m0/s1. The summed E-state index contributed by atoms with van der Waals surface area (Å²) in [7, 11) is 0. The van der Waals surface area contributed by atoms with Crippen LogP contribution in [0.4, 0.5) is 4.79 Å². The number of hydrogen-bond donors (Lipinski definition) is 3. The molecular weight excluding hydrogens is 362 g/mol. The first-order valence-electron chi connectivity index (χ1n) is 9.41. The van der Waals surface area contributed by atoms with Gasteiger partial charge in [-0.25, -0.2) is 4.79 Å². The van der Waals surface area contributed by atoms with Gasteiger partial charge in [0.25, 0.3) is 0 Å². The van der Waals surface area contributed by atoms with Gasteiger partial charge in [0, 0.05) is 19.4 Å². The number of rotatable bonds is 13. The average Bonchev–Trinajstić information content (AvgIpc) is 2.66. The third-order valence-corrected chi connectivity index (χ3v) is 4.03. The molecule has 0 aliphatic heterocycles. The monoisotopic (exact) mass is 391 g/mol. The van der Waals surface area contributed by atoms with Crippen molar-refractivity contribution in [1.82, 2.24) is 10.6 Å². The van der Waals surface area contributed by atoms with E-state index in [4.69, 9.17) is 10.5 Å². The topological polar surface area (TPSA) is 128 Å². The molecule has 0 aliphatic rings. The number of unbranched alkanes of at least 4 members (excludes halogenated alkanes) is 2. The number of amides is 3. The summed E-state index contributed by atoms with van der Waals surface area (Å²) < 4.78 is 5.10. The Kier molecular flexibility index (Phi) is 11.0. The number of nitrogens with two attached hydrogens (primary N) is 1. The number of Topliss-reactive ketones (excluding diaryl/α,β-unsaturated/α-hetero) is 1. The summed E-state index contributed by atoms with van der Waals surface area (Å²) >= 11 is 0. The van der Waals surface area contributed by atoms with E-state index < -0.39 is 18.0 Å². The van der Waals surface area contributed by atoms with Gasteiger partial charge < -0.3 is 25.9 Å². The smallest absolute Gasteiger partial charge is 0.407 e. The third-order valence-electron chi connectivity index (χ3n) is 4.03. The van der Waals surface area contributed by atoms with Crippen molar-refractivity contribution < 1.29 is 23.9 Å². The summed E-state index contributed by atoms with van der Waals surface area (Å²) in [5, 5.41) is 5.22. The lowest BCUT2D eigenvalue weighted by molar-refractivity contribution is -0.128. The molecule has 0 aromatic heterocycles. The molecule has 154 valence electrons. The van der Waals surface area contributed by atoms with Crippen LogP contribution in [-0.4, -0.2) is 36.3 Å². The van der Waals surface area contributed by atoms with Gasteiger partial charge in [0.15, 0.2) is 0 Å². The zero-order valence-electron chi connectivity index (χ0n) is 16.2. The van der Waals surface area contributed by atoms with E-state index in [-0.39, 0.29) is 37.6 Å². The van der Waals surface area contributed by atoms with Crippen LogP contribution in [-0.2, 0) is 25.7 Å². The van der Waals surface area contributed by atoms with Crippen molar-refractivity contribution in [1.29, 1.82) is 0 Å². The summed E-state index contributed by atoms with van der Waals surface area (Å²) in [6.07, 6.45) is 2.24. The van der Waals surface area contributed by atoms with E-state index in [1.165, 1.54) is 6.92 Å². The minimum absolute atomic E-state index is 0.0599. The molecule has 0 spiro atoms. The van der Waals surface area contributed by atoms with Crippen LogP contribution >= 0.6 is 0 Å². The maximum Gasteiger partial charge on any atom is 0.407 e. The molecular formula is C20H29N3O5. The van der Waals surface area contributed by atoms with Crippen molar-refractivity contribution in [2.24, 2.45) is 5.73 Å². The van der Waals surface area contributed by atoms with Gasteiger partial charge in [0.05, 0.1) is 0 Å². The van der Waals surface area contributed by atoms with Crippen LogP contribution in [0.3, 0.4) is 0 Å². The summed E-state index contributed by atoms with van der Waals surface area (Å²) in [6.45, 7) is 2.10. The molecule has 0 fully saturated rings. The van der Waals surface area contributed by atoms with Crippen molar-refractivity contribution in [3.8, 4) is 0 Å². The molecule has 0 aliphatic carbocycles. The van der Waals surface area contributed by atoms with Crippen molar-refractivity contribution in [2.45, 2.75) is 58.1 Å². The van der Waals surface area contributed by atoms with Gasteiger partial charge >= 0.3 is 6.09 Å². The molecule has 0 saturated carbocycles. The molecule has 8 nitrogen and oxygen atoms in total. The van der Waals surface area contributed by atoms with Gasteiger partial charge in [0.2, 0.25) is 11.8 Å². The molecule has 0 unspecified atom stereocenters. The van der Waals surface area contributed by atoms with Crippen LogP contribution in [0.2, 0.25) is 0 Å². The Morgan fingerprint density at radius 3 is 2.39 bits per heavy atom. The summed E-state index contributed by atoms with van der Waals surface area (Å²) in [6, 6.07) is 8.58. The van der Waals surface area contributed by atoms with Crippen LogP contribution in [0, 0.1) is 0 Å². The Balaban J connectivity index is 2.09. The Bertz CT molecular complexity index is 649. The van der Waals surface area contributed by atoms with Crippen LogP contribution in [0.5, 0.6) is 0 Å². The molecule has 0 bridgehead atoms. The minimum Gasteiger partial charge on any atom is -0.445 e. The maximum absolute atomic E-state index is 11.9. The Morgan fingerprint density at radius 1 is 1.04 bits per heavy atom. The molecule has 8 heteroatoms. The van der Waals surface area contributed by atoms with E-state index in [1.54, 1.807) is 0 Å². The normalized spacial score (nSPS) is 11.3. The van der Waals surface area contributed by atoms with Crippen LogP contribution in [0.25, 0.3) is 0 Å². The predicted molar refractivity (Wildman–Crippen MR) is 104 cm³/mol. The van der Waals surface area contributed by atoms with Gasteiger partial charge in [-0.05, 0) is 31.7 Å². The van der Waals surface area contributed by atoms with Gasteiger partial charge in [0.1, 0.15) is 18.4 Å². The maximum atomic E-state index is 11.9. The van der Waals surface area contributed by atoms with E-state index >= 15 is 0 Å². The number of benzene rings is 1. The number of ketones is 1. The number of carbonyl (C=O) groups excluding carboxylic acids is 4. The fourth-order valence-electron chi connectivity index (χ4n) is 2.45. The van der Waals surface area contributed by atoms with Crippen LogP contribution < -0.4 is 16.4 Å². The highest BCUT2D eigenvalue weighted by molar-refractivity contribution is 5.87. The highest BCUT2D eigenvalue weighted by Crippen LogP contribution is 2.03. The number of carbonyl (C=O) groups is 4. The SMILES string of the molecule is CC(=O)CC[C@H](NC(=O)CCCCCNC(=O)OCc1ccccc1)C(N)=O. The van der Waals surface area contributed by atoms with Crippen molar-refractivity contribution in [3.63, 3.8) is 0 Å². The predicted octanol–water partition coefficient (Wildman–Crippen LogP) is 1.81. The lowest BCUT2D eigenvalue weighted by atomic mass is 10.1. The molecule has 28 heavy (non-hydrogen) atoms. The zero-order valence-corrected chi connectivity index (χ0v) is 16.2. The minimum atomic E-state index is -0.822. The Hall–Kier alpha value is -2.90. The number of hydrogen-bond acceptors (Lipinski definition) is 5. The van der Waals surface area contributed by atoms with E-state index in [0.29, 0.717) is 19.4 Å². The van der Waals surface area contributed by atoms with E-state index in [1.807, 2.05) is 30.3 Å². The highest BCUT2D eigenvalue weighted by Gasteiger charge is 2.18. The average molecular weight is 391 g/mol. The third kappa shape index (κ3) is 10.9. The van der Waals surface area contributed by atoms with E-state index in [0.717, 1.165) is 12.0 Å². The van der Waals surface area contributed by atoms with Crippen molar-refractivity contribution >= 4 is 23.7 Å². The fourth-order valence-corrected chi connectivity index (χ4v) is 2.45. The van der Waals surface area contributed by atoms with Gasteiger partial charge in [-0.1, -0.05) is 36.8 Å². The van der Waals surface area contributed by atoms with Gasteiger partial charge in [-0.2, -0.15) is 0 Å². The first kappa shape index (κ1) is 23.1. The van der Waals surface area contributed by atoms with Crippen LogP contribution in [0.15, 0.2) is 30.3 Å². The molecule has 0 saturated heterocycles. The Labute approximate surface area is 165 Å². The van der Waals surface area contributed by atoms with Gasteiger partial charge in [-0.15, -0.1) is 0 Å². The number of ether oxygens (including phenoxy) is 1. The molecule has 1 aromatic rings. The van der Waals surface area contributed by atoms with Crippen molar-refractivity contribution in [2.75, 3.05) is 6.54 Å². The first-order chi connectivity index (χ1) is 13.4. The zero-order chi connectivity index (χ0) is 20.8. The largest absolute Gasteiger partial charge is 0.445 e. The fraction of sp³-hybridized carbons (Fsp3) is 0.500. The second kappa shape index (κ2) is 13.3. The molecule has 0 heterocycles. The molecule has 1 aromatic carbocycles. The second-order valence-corrected chi connectivity index (χ2v) is 6.56. The summed E-state index contributed by atoms with van der Waals surface area (Å²) in [5.74, 6) is -0.981. The molecule has 3 amide bonds. The molecule has 1 rings (SSSR count). The molecule has 4 N–H and O–H groups in total. The summed E-state index contributed by atoms with van der Waals surface area (Å²) in [4.78, 5) is 45.8. The Morgan fingerprint density at radius 2 is 1.75 bits per heavy atom. The van der Waals surface area contributed by atoms with Crippen molar-refractivity contribution in [3.05, 3.63) is 35.9 Å². The molecule has 1 atom stereocenters. The molecule has 0 radical (unpaired) electrons. The van der Waals surface area contributed by atoms with Crippen LogP contribution in [0.1, 0.15) is 51.0 Å². The highest BCUT2D eigenvalue weighted by atomic mass is 16.5. The quantitative estimate of drug-likeness (QED) is 0.442. The van der Waals surface area contributed by atoms with Gasteiger partial charge in [-0.3, -0.25) is 9.59 Å². The second-order valence-electron chi connectivity index (χ2n) is 6.56. The number of alkyl carbamates (subject to hydrolysis) is 1. The first-order valence-corrected chi connectivity index (χ1v) is 9.41. The van der Waals surface area contributed by atoms with E-state index in [9.17, 15) is 19.2 Å². The number of primary amides is 1. The van der Waals surface area contributed by atoms with E-state index in [2.05, 4.69) is 10.6 Å². The summed E-state index contributed by atoms with van der Waals surface area (Å²) in [5.41, 5.74) is 6.16.